The normalized spacial score (nSPS) is 14.0. The molecule has 1 fully saturated rings. The summed E-state index contributed by atoms with van der Waals surface area (Å²) < 4.78 is 66.9. The van der Waals surface area contributed by atoms with E-state index in [9.17, 15) is 8.78 Å². The Bertz CT molecular complexity index is 3560. The number of anilines is 2. The lowest BCUT2D eigenvalue weighted by atomic mass is 8.58. The molecule has 424 valence electrons. The third-order valence-electron chi connectivity index (χ3n) is 14.1. The van der Waals surface area contributed by atoms with E-state index in [2.05, 4.69) is 76.9 Å². The number of ether oxygens (including phenoxy) is 4. The third kappa shape index (κ3) is 15.5. The summed E-state index contributed by atoms with van der Waals surface area (Å²) in [4.78, 5) is 26.1. The molecule has 0 unspecified atom stereocenters. The molecule has 0 aliphatic carbocycles. The van der Waals surface area contributed by atoms with Gasteiger partial charge in [0.2, 0.25) is 11.9 Å². The van der Waals surface area contributed by atoms with Crippen molar-refractivity contribution in [3.63, 3.8) is 0 Å². The van der Waals surface area contributed by atoms with E-state index in [0.717, 1.165) is 61.5 Å². The van der Waals surface area contributed by atoms with Crippen LogP contribution in [0.2, 0.25) is 0 Å². The number of nitrogens with zero attached hydrogens (tertiary/aromatic N) is 12. The van der Waals surface area contributed by atoms with Crippen molar-refractivity contribution in [2.75, 3.05) is 23.8 Å². The number of hydrogen-bond donors (Lipinski definition) is 2. The van der Waals surface area contributed by atoms with E-state index < -0.39 is 32.7 Å². The first-order valence-electron chi connectivity index (χ1n) is 27.1. The van der Waals surface area contributed by atoms with E-state index in [0.29, 0.717) is 72.5 Å². The van der Waals surface area contributed by atoms with Crippen LogP contribution < -0.4 is 35.0 Å². The van der Waals surface area contributed by atoms with Crippen LogP contribution >= 0.6 is 15.9 Å². The number of halogens is 3. The van der Waals surface area contributed by atoms with Crippen LogP contribution in [-0.2, 0) is 35.2 Å². The van der Waals surface area contributed by atoms with Crippen molar-refractivity contribution in [3.05, 3.63) is 111 Å². The van der Waals surface area contributed by atoms with Crippen molar-refractivity contribution in [1.29, 1.82) is 0 Å². The van der Waals surface area contributed by atoms with Gasteiger partial charge in [-0.25, -0.2) is 33.7 Å². The zero-order chi connectivity index (χ0) is 60.8. The molecule has 20 nitrogen and oxygen atoms in total. The van der Waals surface area contributed by atoms with E-state index in [1.807, 2.05) is 69.2 Å². The minimum absolute atomic E-state index is 0. The molecule has 0 spiro atoms. The number of rotatable bonds is 15. The SMILES string of the molecule is C.Cc1nc(OC(C)C)ncc1-c1cnc(NCc2c(F)ccc3c2CCO3)n2cnnc12.Cc1nc(OC(C)C)ncc1B1OC(C)(C)C(C)(C)O1.Fc1ccc2c(c1CNc1ncc(Br)c3nncn13)CCO2.[B]B([B])B(B([B])[B])B([B])[B]. The van der Waals surface area contributed by atoms with Crippen LogP contribution in [0.4, 0.5) is 20.7 Å². The summed E-state index contributed by atoms with van der Waals surface area (Å²) in [7, 11) is 31.3. The van der Waals surface area contributed by atoms with Gasteiger partial charge in [-0.3, -0.25) is 8.80 Å². The van der Waals surface area contributed by atoms with Crippen molar-refractivity contribution in [2.45, 2.75) is 126 Å². The fourth-order valence-corrected chi connectivity index (χ4v) is 9.45. The van der Waals surface area contributed by atoms with Crippen molar-refractivity contribution in [2.24, 2.45) is 0 Å². The van der Waals surface area contributed by atoms with Gasteiger partial charge < -0.3 is 38.9 Å². The fourth-order valence-electron chi connectivity index (χ4n) is 9.08. The molecule has 85 heavy (non-hydrogen) atoms. The summed E-state index contributed by atoms with van der Waals surface area (Å²) in [5.74, 6) is 2.04. The van der Waals surface area contributed by atoms with E-state index >= 15 is 0 Å². The fraction of sp³-hybridized carbons (Fsp3) is 0.412. The molecule has 2 aromatic carbocycles. The standard InChI is InChI=1S/C22H22FN7O2.C14H23BN2O3.C14H11BrFN5O.CH4.B10/c1-12(2)32-22-26-8-15(13(3)28-22)17-10-25-21(30-11-27-29-20(17)30)24-9-16-14-6-7-31-19(14)5-4-18(16)23;1-9(2)18-12-16-8-11(10(3)17-12)15-19-13(4,5)14(6,7)20-15;15-10-6-18-14(21-7-19-20-13(10)21)17-5-9-8-3-4-22-12(8)2-1-11(9)16;;1-7(2)10(8(3)4)9(5)6/h4-5,8,10-12H,6-7,9H2,1-3H3,(H,24,25);8-9H,1-7H3;1-2,6-7H,3-5H2,(H,17,18);1H4;. The van der Waals surface area contributed by atoms with Crippen molar-refractivity contribution < 1.29 is 37.0 Å². The summed E-state index contributed by atoms with van der Waals surface area (Å²) in [6.45, 7) is 21.4. The van der Waals surface area contributed by atoms with Gasteiger partial charge >= 0.3 is 19.1 Å². The van der Waals surface area contributed by atoms with Gasteiger partial charge in [0.1, 0.15) is 35.8 Å². The van der Waals surface area contributed by atoms with E-state index in [-0.39, 0.29) is 49.0 Å². The minimum Gasteiger partial charge on any atom is -0.493 e. The maximum absolute atomic E-state index is 14.5. The Balaban J connectivity index is 0.000000173. The van der Waals surface area contributed by atoms with E-state index in [1.54, 1.807) is 58.4 Å². The van der Waals surface area contributed by atoms with Gasteiger partial charge in [0.15, 0.2) is 11.3 Å². The maximum atomic E-state index is 14.5. The lowest BCUT2D eigenvalue weighted by molar-refractivity contribution is 0.00578. The van der Waals surface area contributed by atoms with Gasteiger partial charge in [0.25, 0.3) is 0 Å². The third-order valence-corrected chi connectivity index (χ3v) is 14.7. The smallest absolute Gasteiger partial charge is 0.493 e. The highest BCUT2D eigenvalue weighted by Crippen LogP contribution is 2.37. The molecule has 0 bridgehead atoms. The second-order valence-corrected chi connectivity index (χ2v) is 22.3. The van der Waals surface area contributed by atoms with E-state index in [4.69, 9.17) is 74.7 Å². The number of benzene rings is 2. The number of aromatic nitrogens is 12. The Morgan fingerprint density at radius 3 is 1.55 bits per heavy atom. The molecular formula is C51H60B11BrF2N14O6. The lowest BCUT2D eigenvalue weighted by Crippen LogP contribution is -2.62. The van der Waals surface area contributed by atoms with Crippen LogP contribution in [0.5, 0.6) is 23.5 Å². The largest absolute Gasteiger partial charge is 0.498 e. The van der Waals surface area contributed by atoms with Crippen LogP contribution in [0.25, 0.3) is 22.4 Å². The first-order chi connectivity index (χ1) is 39.8. The molecule has 3 aliphatic rings. The molecule has 0 amide bonds. The average molecular weight is 1200 g/mol. The predicted octanol–water partition coefficient (Wildman–Crippen LogP) is 4.64. The molecule has 0 saturated carbocycles. The van der Waals surface area contributed by atoms with Crippen LogP contribution in [0, 0.1) is 25.5 Å². The van der Waals surface area contributed by atoms with Gasteiger partial charge in [-0.2, -0.15) is 4.98 Å². The molecule has 2 N–H and O–H groups in total. The molecular weight excluding hydrogens is 1140 g/mol. The molecule has 11 rings (SSSR count). The van der Waals surface area contributed by atoms with Crippen LogP contribution in [0.1, 0.15) is 96.5 Å². The van der Waals surface area contributed by atoms with Gasteiger partial charge in [-0.05, 0) is 109 Å². The first-order valence-corrected chi connectivity index (χ1v) is 27.9. The Labute approximate surface area is 513 Å². The first kappa shape index (κ1) is 66.0. The monoisotopic (exact) mass is 1200 g/mol. The lowest BCUT2D eigenvalue weighted by Gasteiger charge is -2.32. The number of aryl methyl sites for hydroxylation is 2. The van der Waals surface area contributed by atoms with Crippen molar-refractivity contribution in [1.82, 2.24) is 59.1 Å². The number of hydrogen-bond acceptors (Lipinski definition) is 18. The maximum Gasteiger partial charge on any atom is 0.498 e. The Hall–Kier alpha value is -6.53. The Kier molecular flexibility index (Phi) is 22.0. The number of nitrogens with one attached hydrogen (secondary N) is 2. The summed E-state index contributed by atoms with van der Waals surface area (Å²) in [5, 5.41) is 22.5. The second kappa shape index (κ2) is 28.3. The van der Waals surface area contributed by atoms with Gasteiger partial charge in [0, 0.05) is 167 Å². The number of fused-ring (bicyclic) bond motifs is 4. The topological polar surface area (TPSA) is 217 Å². The zero-order valence-corrected chi connectivity index (χ0v) is 50.1. The molecule has 1 saturated heterocycles. The average Bonchev–Trinajstić information content (AvgIpc) is 2.71. The summed E-state index contributed by atoms with van der Waals surface area (Å²) in [6.07, 6.45) is 8.88. The second-order valence-electron chi connectivity index (χ2n) is 21.5. The van der Waals surface area contributed by atoms with Gasteiger partial charge in [-0.1, -0.05) is 7.43 Å². The minimum atomic E-state index is -0.667. The highest BCUT2D eigenvalue weighted by molar-refractivity contribution is 9.10. The Morgan fingerprint density at radius 1 is 0.647 bits per heavy atom. The molecule has 3 aliphatic heterocycles. The molecule has 8 aromatic rings. The molecule has 12 radical (unpaired) electrons. The highest BCUT2D eigenvalue weighted by atomic mass is 79.9. The van der Waals surface area contributed by atoms with Gasteiger partial charge in [0.05, 0.1) is 46.8 Å². The van der Waals surface area contributed by atoms with Crippen LogP contribution in [0.3, 0.4) is 0 Å². The Morgan fingerprint density at radius 2 is 1.09 bits per heavy atom. The zero-order valence-electron chi connectivity index (χ0n) is 48.5. The van der Waals surface area contributed by atoms with Crippen molar-refractivity contribution >= 4 is 124 Å². The van der Waals surface area contributed by atoms with Crippen molar-refractivity contribution in [3.8, 4) is 34.6 Å². The molecule has 0 atom stereocenters. The molecule has 9 heterocycles. The summed E-state index contributed by atoms with van der Waals surface area (Å²) >= 11 is 3.37. The predicted molar refractivity (Wildman–Crippen MR) is 339 cm³/mol. The summed E-state index contributed by atoms with van der Waals surface area (Å²) in [5.41, 5.74) is 7.44. The summed E-state index contributed by atoms with van der Waals surface area (Å²) in [6, 6.07) is 6.93. The van der Waals surface area contributed by atoms with E-state index in [1.165, 1.54) is 12.1 Å². The van der Waals surface area contributed by atoms with Crippen LogP contribution in [-0.4, -0.2) is 175 Å². The molecule has 6 aromatic heterocycles. The highest BCUT2D eigenvalue weighted by Gasteiger charge is 2.52. The quantitative estimate of drug-likeness (QED) is 0.134. The van der Waals surface area contributed by atoms with Crippen LogP contribution in [0.15, 0.2) is 66.2 Å². The molecule has 34 heteroatoms. The van der Waals surface area contributed by atoms with Gasteiger partial charge in [-0.15, -0.1) is 20.4 Å².